The molecule has 0 spiro atoms. The molecule has 0 bridgehead atoms. The van der Waals surface area contributed by atoms with Crippen molar-refractivity contribution in [3.05, 3.63) is 31.9 Å². The standard InChI is InChI=1S/C13H20IN3O2/c1-10(2)16(3)8-4-7-15-13-6-5-11(17(18)19)9-12(13)14/h5-6,9-10,15H,4,7-8H2,1-3H3. The van der Waals surface area contributed by atoms with Crippen LogP contribution < -0.4 is 5.32 Å². The van der Waals surface area contributed by atoms with Crippen LogP contribution in [0.4, 0.5) is 11.4 Å². The zero-order chi connectivity index (χ0) is 14.4. The molecule has 0 aliphatic heterocycles. The van der Waals surface area contributed by atoms with Gasteiger partial charge >= 0.3 is 0 Å². The Labute approximate surface area is 127 Å². The van der Waals surface area contributed by atoms with E-state index in [0.717, 1.165) is 28.8 Å². The van der Waals surface area contributed by atoms with Gasteiger partial charge in [0.1, 0.15) is 0 Å². The van der Waals surface area contributed by atoms with Crippen LogP contribution in [0.1, 0.15) is 20.3 Å². The van der Waals surface area contributed by atoms with Gasteiger partial charge < -0.3 is 10.2 Å². The number of hydrogen-bond donors (Lipinski definition) is 1. The summed E-state index contributed by atoms with van der Waals surface area (Å²) in [6.45, 7) is 6.25. The van der Waals surface area contributed by atoms with Crippen molar-refractivity contribution in [3.63, 3.8) is 0 Å². The van der Waals surface area contributed by atoms with Crippen LogP contribution in [-0.2, 0) is 0 Å². The summed E-state index contributed by atoms with van der Waals surface area (Å²) in [5.74, 6) is 0. The van der Waals surface area contributed by atoms with Gasteiger partial charge in [0.05, 0.1) is 4.92 Å². The number of nitrogens with zero attached hydrogens (tertiary/aromatic N) is 2. The lowest BCUT2D eigenvalue weighted by atomic mass is 10.2. The quantitative estimate of drug-likeness (QED) is 0.343. The number of nitro groups is 1. The van der Waals surface area contributed by atoms with Crippen LogP contribution >= 0.6 is 22.6 Å². The average molecular weight is 377 g/mol. The van der Waals surface area contributed by atoms with E-state index >= 15 is 0 Å². The molecule has 0 heterocycles. The van der Waals surface area contributed by atoms with Crippen LogP contribution in [0.15, 0.2) is 18.2 Å². The number of halogens is 1. The fourth-order valence-electron chi connectivity index (χ4n) is 1.57. The van der Waals surface area contributed by atoms with Crippen LogP contribution in [0.2, 0.25) is 0 Å². The molecule has 106 valence electrons. The predicted molar refractivity (Wildman–Crippen MR) is 86.7 cm³/mol. The van der Waals surface area contributed by atoms with Crippen molar-refractivity contribution in [1.29, 1.82) is 0 Å². The van der Waals surface area contributed by atoms with Crippen molar-refractivity contribution in [2.24, 2.45) is 0 Å². The first kappa shape index (κ1) is 16.2. The highest BCUT2D eigenvalue weighted by atomic mass is 127. The van der Waals surface area contributed by atoms with Gasteiger partial charge in [-0.2, -0.15) is 0 Å². The monoisotopic (exact) mass is 377 g/mol. The molecule has 1 N–H and O–H groups in total. The van der Waals surface area contributed by atoms with Gasteiger partial charge in [-0.05, 0) is 62.5 Å². The first-order chi connectivity index (χ1) is 8.91. The number of hydrogen-bond acceptors (Lipinski definition) is 4. The summed E-state index contributed by atoms with van der Waals surface area (Å²) in [4.78, 5) is 12.6. The Bertz CT molecular complexity index is 438. The van der Waals surface area contributed by atoms with E-state index in [4.69, 9.17) is 0 Å². The Morgan fingerprint density at radius 3 is 2.68 bits per heavy atom. The van der Waals surface area contributed by atoms with Gasteiger partial charge in [-0.1, -0.05) is 0 Å². The molecule has 19 heavy (non-hydrogen) atoms. The highest BCUT2D eigenvalue weighted by Crippen LogP contribution is 2.23. The van der Waals surface area contributed by atoms with E-state index in [0.29, 0.717) is 6.04 Å². The van der Waals surface area contributed by atoms with Crippen LogP contribution in [0.5, 0.6) is 0 Å². The molecule has 0 fully saturated rings. The Hall–Kier alpha value is -0.890. The number of nitrogens with one attached hydrogen (secondary N) is 1. The van der Waals surface area contributed by atoms with Crippen molar-refractivity contribution in [3.8, 4) is 0 Å². The molecule has 0 aromatic heterocycles. The van der Waals surface area contributed by atoms with Crippen LogP contribution in [0, 0.1) is 13.7 Å². The van der Waals surface area contributed by atoms with Crippen molar-refractivity contribution >= 4 is 34.0 Å². The van der Waals surface area contributed by atoms with E-state index in [1.54, 1.807) is 12.1 Å². The van der Waals surface area contributed by atoms with E-state index in [-0.39, 0.29) is 10.6 Å². The summed E-state index contributed by atoms with van der Waals surface area (Å²) in [5, 5.41) is 14.0. The summed E-state index contributed by atoms with van der Waals surface area (Å²) in [7, 11) is 2.11. The number of rotatable bonds is 7. The largest absolute Gasteiger partial charge is 0.384 e. The number of nitro benzene ring substituents is 1. The Kier molecular flexibility index (Phi) is 6.50. The SMILES string of the molecule is CC(C)N(C)CCCNc1ccc([N+](=O)[O-])cc1I. The molecule has 1 aromatic rings. The average Bonchev–Trinajstić information content (AvgIpc) is 2.35. The Morgan fingerprint density at radius 1 is 1.47 bits per heavy atom. The number of anilines is 1. The maximum absolute atomic E-state index is 10.6. The fourth-order valence-corrected chi connectivity index (χ4v) is 2.26. The zero-order valence-electron chi connectivity index (χ0n) is 11.5. The Morgan fingerprint density at radius 2 is 2.16 bits per heavy atom. The summed E-state index contributed by atoms with van der Waals surface area (Å²) >= 11 is 2.12. The van der Waals surface area contributed by atoms with Crippen LogP contribution in [-0.4, -0.2) is 36.0 Å². The van der Waals surface area contributed by atoms with E-state index in [2.05, 4.69) is 53.7 Å². The normalized spacial score (nSPS) is 11.1. The second kappa shape index (κ2) is 7.64. The molecular formula is C13H20IN3O2. The lowest BCUT2D eigenvalue weighted by Crippen LogP contribution is -2.28. The molecular weight excluding hydrogens is 357 g/mol. The van der Waals surface area contributed by atoms with Crippen molar-refractivity contribution in [2.75, 3.05) is 25.5 Å². The van der Waals surface area contributed by atoms with Gasteiger partial charge in [0, 0.05) is 34.0 Å². The van der Waals surface area contributed by atoms with Gasteiger partial charge in [-0.25, -0.2) is 0 Å². The summed E-state index contributed by atoms with van der Waals surface area (Å²) in [5.41, 5.74) is 1.09. The topological polar surface area (TPSA) is 58.4 Å². The molecule has 0 aliphatic rings. The lowest BCUT2D eigenvalue weighted by molar-refractivity contribution is -0.384. The maximum Gasteiger partial charge on any atom is 0.270 e. The molecule has 0 unspecified atom stereocenters. The van der Waals surface area contributed by atoms with E-state index in [9.17, 15) is 10.1 Å². The molecule has 0 radical (unpaired) electrons. The third-order valence-corrected chi connectivity index (χ3v) is 3.94. The molecule has 1 rings (SSSR count). The van der Waals surface area contributed by atoms with Gasteiger partial charge in [-0.3, -0.25) is 10.1 Å². The van der Waals surface area contributed by atoms with E-state index < -0.39 is 0 Å². The smallest absolute Gasteiger partial charge is 0.270 e. The van der Waals surface area contributed by atoms with Gasteiger partial charge in [0.15, 0.2) is 0 Å². The molecule has 0 saturated carbocycles. The molecule has 6 heteroatoms. The number of benzene rings is 1. The van der Waals surface area contributed by atoms with E-state index in [1.165, 1.54) is 6.07 Å². The summed E-state index contributed by atoms with van der Waals surface area (Å²) < 4.78 is 0.879. The lowest BCUT2D eigenvalue weighted by Gasteiger charge is -2.21. The third kappa shape index (κ3) is 5.32. The highest BCUT2D eigenvalue weighted by molar-refractivity contribution is 14.1. The molecule has 0 saturated heterocycles. The summed E-state index contributed by atoms with van der Waals surface area (Å²) in [6.07, 6.45) is 1.04. The molecule has 0 atom stereocenters. The number of non-ortho nitro benzene ring substituents is 1. The molecule has 1 aromatic carbocycles. The second-order valence-electron chi connectivity index (χ2n) is 4.78. The van der Waals surface area contributed by atoms with Gasteiger partial charge in [0.2, 0.25) is 0 Å². The minimum atomic E-state index is -0.371. The van der Waals surface area contributed by atoms with E-state index in [1.807, 2.05) is 0 Å². The van der Waals surface area contributed by atoms with Crippen molar-refractivity contribution in [1.82, 2.24) is 4.90 Å². The minimum absolute atomic E-state index is 0.134. The first-order valence-corrected chi connectivity index (χ1v) is 7.37. The van der Waals surface area contributed by atoms with Gasteiger partial charge in [-0.15, -0.1) is 0 Å². The van der Waals surface area contributed by atoms with Crippen LogP contribution in [0.25, 0.3) is 0 Å². The zero-order valence-corrected chi connectivity index (χ0v) is 13.7. The molecule has 0 amide bonds. The minimum Gasteiger partial charge on any atom is -0.384 e. The fraction of sp³-hybridized carbons (Fsp3) is 0.538. The second-order valence-corrected chi connectivity index (χ2v) is 5.94. The van der Waals surface area contributed by atoms with Crippen molar-refractivity contribution in [2.45, 2.75) is 26.3 Å². The molecule has 5 nitrogen and oxygen atoms in total. The predicted octanol–water partition coefficient (Wildman–Crippen LogP) is 3.34. The van der Waals surface area contributed by atoms with Crippen molar-refractivity contribution < 1.29 is 4.92 Å². The highest BCUT2D eigenvalue weighted by Gasteiger charge is 2.08. The maximum atomic E-state index is 10.6. The first-order valence-electron chi connectivity index (χ1n) is 6.30. The third-order valence-electron chi connectivity index (χ3n) is 3.05. The summed E-state index contributed by atoms with van der Waals surface area (Å²) in [6, 6.07) is 5.44. The van der Waals surface area contributed by atoms with Crippen LogP contribution in [0.3, 0.4) is 0 Å². The Balaban J connectivity index is 2.44. The van der Waals surface area contributed by atoms with Gasteiger partial charge in [0.25, 0.3) is 5.69 Å². The molecule has 0 aliphatic carbocycles.